The highest BCUT2D eigenvalue weighted by molar-refractivity contribution is 5.97. The Labute approximate surface area is 225 Å². The van der Waals surface area contributed by atoms with E-state index in [0.29, 0.717) is 12.8 Å². The van der Waals surface area contributed by atoms with E-state index in [0.717, 1.165) is 95.7 Å². The Morgan fingerprint density at radius 3 is 1.21 bits per heavy atom. The SMILES string of the molecule is O=C(Cc1cc2ccccc2cc1-c1cc2ccccc2cc1CC(=O)N1CCCCC1)N1CCCCC1. The number of likely N-dealkylation sites (tertiary alicyclic amines) is 2. The smallest absolute Gasteiger partial charge is 0.227 e. The summed E-state index contributed by atoms with van der Waals surface area (Å²) in [7, 11) is 0. The van der Waals surface area contributed by atoms with Gasteiger partial charge in [0.2, 0.25) is 11.8 Å². The van der Waals surface area contributed by atoms with Crippen LogP contribution in [0.3, 0.4) is 0 Å². The first-order valence-corrected chi connectivity index (χ1v) is 14.2. The summed E-state index contributed by atoms with van der Waals surface area (Å²) >= 11 is 0. The second-order valence-electron chi connectivity index (χ2n) is 10.9. The van der Waals surface area contributed by atoms with Gasteiger partial charge in [-0.25, -0.2) is 0 Å². The summed E-state index contributed by atoms with van der Waals surface area (Å²) in [5.41, 5.74) is 4.23. The van der Waals surface area contributed by atoms with E-state index in [1.165, 1.54) is 12.8 Å². The highest BCUT2D eigenvalue weighted by Gasteiger charge is 2.22. The molecule has 38 heavy (non-hydrogen) atoms. The third kappa shape index (κ3) is 5.18. The fraction of sp³-hybridized carbons (Fsp3) is 0.353. The van der Waals surface area contributed by atoms with Crippen molar-refractivity contribution in [3.05, 3.63) is 83.9 Å². The van der Waals surface area contributed by atoms with E-state index < -0.39 is 0 Å². The highest BCUT2D eigenvalue weighted by atomic mass is 16.2. The summed E-state index contributed by atoms with van der Waals surface area (Å²) in [6.45, 7) is 3.42. The number of amides is 2. The Bertz CT molecular complexity index is 1370. The van der Waals surface area contributed by atoms with Crippen molar-refractivity contribution in [2.24, 2.45) is 0 Å². The number of piperidine rings is 2. The van der Waals surface area contributed by atoms with Crippen molar-refractivity contribution in [3.8, 4) is 11.1 Å². The van der Waals surface area contributed by atoms with Crippen molar-refractivity contribution in [3.63, 3.8) is 0 Å². The van der Waals surface area contributed by atoms with Gasteiger partial charge in [-0.2, -0.15) is 0 Å². The molecule has 194 valence electrons. The minimum absolute atomic E-state index is 0.202. The molecule has 6 rings (SSSR count). The first-order valence-electron chi connectivity index (χ1n) is 14.2. The summed E-state index contributed by atoms with van der Waals surface area (Å²) < 4.78 is 0. The van der Waals surface area contributed by atoms with Crippen LogP contribution in [0.2, 0.25) is 0 Å². The third-order valence-electron chi connectivity index (χ3n) is 8.33. The van der Waals surface area contributed by atoms with E-state index in [2.05, 4.69) is 72.8 Å². The number of nitrogens with zero attached hydrogens (tertiary/aromatic N) is 2. The van der Waals surface area contributed by atoms with Gasteiger partial charge in [-0.3, -0.25) is 9.59 Å². The molecule has 0 atom stereocenters. The molecular weight excluding hydrogens is 468 g/mol. The Balaban J connectivity index is 1.46. The average molecular weight is 505 g/mol. The minimum Gasteiger partial charge on any atom is -0.342 e. The monoisotopic (exact) mass is 504 g/mol. The normalized spacial score (nSPS) is 16.2. The zero-order valence-electron chi connectivity index (χ0n) is 22.1. The van der Waals surface area contributed by atoms with Gasteiger partial charge in [-0.15, -0.1) is 0 Å². The fourth-order valence-corrected chi connectivity index (χ4v) is 6.20. The van der Waals surface area contributed by atoms with Crippen LogP contribution >= 0.6 is 0 Å². The van der Waals surface area contributed by atoms with Crippen LogP contribution in [0.5, 0.6) is 0 Å². The lowest BCUT2D eigenvalue weighted by atomic mass is 9.88. The van der Waals surface area contributed by atoms with Crippen molar-refractivity contribution >= 4 is 33.4 Å². The van der Waals surface area contributed by atoms with Crippen LogP contribution in [-0.4, -0.2) is 47.8 Å². The van der Waals surface area contributed by atoms with E-state index in [1.807, 2.05) is 9.80 Å². The third-order valence-corrected chi connectivity index (χ3v) is 8.33. The van der Waals surface area contributed by atoms with Crippen molar-refractivity contribution < 1.29 is 9.59 Å². The highest BCUT2D eigenvalue weighted by Crippen LogP contribution is 2.35. The number of hydrogen-bond acceptors (Lipinski definition) is 2. The van der Waals surface area contributed by atoms with Crippen LogP contribution in [0, 0.1) is 0 Å². The van der Waals surface area contributed by atoms with Gasteiger partial charge in [0.25, 0.3) is 0 Å². The summed E-state index contributed by atoms with van der Waals surface area (Å²) in [6.07, 6.45) is 7.52. The first-order chi connectivity index (χ1) is 18.7. The molecule has 2 saturated heterocycles. The standard InChI is InChI=1S/C34H36N2O2/c37-33(35-15-7-1-8-16-35)23-29-19-25-11-3-5-13-27(25)21-31(29)32-22-28-14-6-4-12-26(28)20-30(32)24-34(38)36-17-9-2-10-18-36/h3-6,11-14,19-22H,1-2,7-10,15-18,23-24H2. The Kier molecular flexibility index (Phi) is 7.13. The molecule has 0 N–H and O–H groups in total. The van der Waals surface area contributed by atoms with E-state index in [4.69, 9.17) is 0 Å². The predicted octanol–water partition coefficient (Wildman–Crippen LogP) is 6.77. The summed E-state index contributed by atoms with van der Waals surface area (Å²) in [6, 6.07) is 25.6. The molecule has 0 spiro atoms. The lowest BCUT2D eigenvalue weighted by molar-refractivity contribution is -0.132. The van der Waals surface area contributed by atoms with Crippen molar-refractivity contribution in [2.75, 3.05) is 26.2 Å². The van der Waals surface area contributed by atoms with E-state index in [9.17, 15) is 9.59 Å². The predicted molar refractivity (Wildman–Crippen MR) is 155 cm³/mol. The number of rotatable bonds is 5. The van der Waals surface area contributed by atoms with Gasteiger partial charge >= 0.3 is 0 Å². The molecule has 0 radical (unpaired) electrons. The Hall–Kier alpha value is -3.66. The van der Waals surface area contributed by atoms with Gasteiger partial charge in [-0.1, -0.05) is 60.7 Å². The van der Waals surface area contributed by atoms with Crippen LogP contribution in [-0.2, 0) is 22.4 Å². The lowest BCUT2D eigenvalue weighted by Crippen LogP contribution is -2.36. The number of fused-ring (bicyclic) bond motifs is 2. The van der Waals surface area contributed by atoms with E-state index in [1.54, 1.807) is 0 Å². The summed E-state index contributed by atoms with van der Waals surface area (Å²) in [5, 5.41) is 4.59. The van der Waals surface area contributed by atoms with Gasteiger partial charge in [0.1, 0.15) is 0 Å². The second kappa shape index (κ2) is 11.0. The second-order valence-corrected chi connectivity index (χ2v) is 10.9. The molecule has 4 aromatic carbocycles. The van der Waals surface area contributed by atoms with Crippen molar-refractivity contribution in [1.29, 1.82) is 0 Å². The summed E-state index contributed by atoms with van der Waals surface area (Å²) in [5.74, 6) is 0.404. The lowest BCUT2D eigenvalue weighted by Gasteiger charge is -2.28. The van der Waals surface area contributed by atoms with Crippen LogP contribution in [0.1, 0.15) is 49.7 Å². The molecule has 4 aromatic rings. The number of carbonyl (C=O) groups excluding carboxylic acids is 2. The minimum atomic E-state index is 0.202. The topological polar surface area (TPSA) is 40.6 Å². The van der Waals surface area contributed by atoms with Gasteiger partial charge in [-0.05, 0) is 94.5 Å². The number of carbonyl (C=O) groups is 2. The van der Waals surface area contributed by atoms with Gasteiger partial charge in [0.15, 0.2) is 0 Å². The quantitative estimate of drug-likeness (QED) is 0.301. The molecule has 4 heteroatoms. The van der Waals surface area contributed by atoms with E-state index in [-0.39, 0.29) is 11.8 Å². The maximum Gasteiger partial charge on any atom is 0.227 e. The molecule has 4 nitrogen and oxygen atoms in total. The van der Waals surface area contributed by atoms with Crippen LogP contribution in [0.15, 0.2) is 72.8 Å². The molecule has 0 aliphatic carbocycles. The molecule has 2 heterocycles. The van der Waals surface area contributed by atoms with Gasteiger partial charge in [0, 0.05) is 26.2 Å². The molecule has 0 bridgehead atoms. The Morgan fingerprint density at radius 2 is 0.842 bits per heavy atom. The zero-order chi connectivity index (χ0) is 25.9. The summed E-state index contributed by atoms with van der Waals surface area (Å²) in [4.78, 5) is 30.9. The molecule has 2 amide bonds. The molecule has 2 aliphatic rings. The molecule has 0 aromatic heterocycles. The van der Waals surface area contributed by atoms with Crippen molar-refractivity contribution in [1.82, 2.24) is 9.80 Å². The molecule has 0 unspecified atom stereocenters. The zero-order valence-corrected chi connectivity index (χ0v) is 22.1. The van der Waals surface area contributed by atoms with Crippen molar-refractivity contribution in [2.45, 2.75) is 51.4 Å². The first kappa shape index (κ1) is 24.7. The van der Waals surface area contributed by atoms with Gasteiger partial charge < -0.3 is 9.80 Å². The van der Waals surface area contributed by atoms with E-state index >= 15 is 0 Å². The number of hydrogen-bond donors (Lipinski definition) is 0. The van der Waals surface area contributed by atoms with Gasteiger partial charge in [0.05, 0.1) is 12.8 Å². The molecular formula is C34H36N2O2. The van der Waals surface area contributed by atoms with Crippen LogP contribution < -0.4 is 0 Å². The molecule has 2 fully saturated rings. The molecule has 0 saturated carbocycles. The Morgan fingerprint density at radius 1 is 0.500 bits per heavy atom. The molecule has 2 aliphatic heterocycles. The largest absolute Gasteiger partial charge is 0.342 e. The van der Waals surface area contributed by atoms with Crippen LogP contribution in [0.25, 0.3) is 32.7 Å². The maximum absolute atomic E-state index is 13.4. The maximum atomic E-state index is 13.4. The number of benzene rings is 4. The fourth-order valence-electron chi connectivity index (χ4n) is 6.20. The average Bonchev–Trinajstić information content (AvgIpc) is 2.97. The van der Waals surface area contributed by atoms with Crippen LogP contribution in [0.4, 0.5) is 0 Å².